The predicted octanol–water partition coefficient (Wildman–Crippen LogP) is 8.19. The Kier molecular flexibility index (Phi) is 8.73. The average Bonchev–Trinajstić information content (AvgIpc) is 2.70. The molecule has 2 aliphatic carbocycles. The van der Waals surface area contributed by atoms with Crippen LogP contribution < -0.4 is 0 Å². The van der Waals surface area contributed by atoms with E-state index in [4.69, 9.17) is 5.41 Å². The Morgan fingerprint density at radius 2 is 1.94 bits per heavy atom. The predicted molar refractivity (Wildman–Crippen MR) is 136 cm³/mol. The standard InChI is InChI=1S/C29H47NO/c1-20(12-9-16-27(30)28(5,6)7)22(3)29(8)19-11-14-25(23(29)4)18-17-24-13-10-15-26(31)21(24)2/h17-18,20,23,26,30-31H,2-3,9-16,19H2,1,4-8H3/b24-17-,25-18+,30-27?/t20-,23?,26?,29?/m1/s1. The van der Waals surface area contributed by atoms with Crippen LogP contribution in [0.15, 0.2) is 47.6 Å². The van der Waals surface area contributed by atoms with Crippen molar-refractivity contribution in [2.45, 2.75) is 105 Å². The molecule has 3 unspecified atom stereocenters. The quantitative estimate of drug-likeness (QED) is 0.313. The molecule has 31 heavy (non-hydrogen) atoms. The summed E-state index contributed by atoms with van der Waals surface area (Å²) in [5.74, 6) is 0.953. The Morgan fingerprint density at radius 1 is 1.26 bits per heavy atom. The van der Waals surface area contributed by atoms with Crippen LogP contribution in [-0.4, -0.2) is 16.9 Å². The van der Waals surface area contributed by atoms with Crippen molar-refractivity contribution in [3.8, 4) is 0 Å². The van der Waals surface area contributed by atoms with Gasteiger partial charge in [-0.2, -0.15) is 0 Å². The maximum atomic E-state index is 10.1. The lowest BCUT2D eigenvalue weighted by atomic mass is 9.60. The summed E-state index contributed by atoms with van der Waals surface area (Å²) in [6.45, 7) is 22.2. The van der Waals surface area contributed by atoms with Gasteiger partial charge in [-0.15, -0.1) is 0 Å². The lowest BCUT2D eigenvalue weighted by molar-refractivity contribution is 0.191. The van der Waals surface area contributed by atoms with Crippen LogP contribution in [0.1, 0.15) is 99.3 Å². The minimum absolute atomic E-state index is 0.0159. The van der Waals surface area contributed by atoms with Gasteiger partial charge in [-0.1, -0.05) is 78.0 Å². The lowest BCUT2D eigenvalue weighted by Gasteiger charge is -2.45. The molecule has 2 rings (SSSR count). The summed E-state index contributed by atoms with van der Waals surface area (Å²) in [7, 11) is 0. The molecule has 0 amide bonds. The number of aliphatic hydroxyl groups excluding tert-OH is 1. The molecule has 0 aliphatic heterocycles. The van der Waals surface area contributed by atoms with Crippen LogP contribution in [0.25, 0.3) is 0 Å². The molecule has 4 atom stereocenters. The number of hydrogen-bond acceptors (Lipinski definition) is 2. The maximum absolute atomic E-state index is 10.1. The van der Waals surface area contributed by atoms with Crippen molar-refractivity contribution >= 4 is 5.71 Å². The normalized spacial score (nSPS) is 31.1. The van der Waals surface area contributed by atoms with Gasteiger partial charge in [0, 0.05) is 5.71 Å². The van der Waals surface area contributed by atoms with Crippen LogP contribution >= 0.6 is 0 Å². The molecule has 2 fully saturated rings. The largest absolute Gasteiger partial charge is 0.388 e. The summed E-state index contributed by atoms with van der Waals surface area (Å²) in [5.41, 5.74) is 6.00. The second-order valence-corrected chi connectivity index (χ2v) is 11.4. The summed E-state index contributed by atoms with van der Waals surface area (Å²) in [5, 5.41) is 18.4. The van der Waals surface area contributed by atoms with E-state index in [2.05, 4.69) is 66.9 Å². The molecule has 0 aromatic heterocycles. The van der Waals surface area contributed by atoms with Gasteiger partial charge in [0.2, 0.25) is 0 Å². The third-order valence-electron chi connectivity index (χ3n) is 8.21. The fourth-order valence-corrected chi connectivity index (χ4v) is 5.30. The van der Waals surface area contributed by atoms with Crippen molar-refractivity contribution in [3.63, 3.8) is 0 Å². The van der Waals surface area contributed by atoms with E-state index in [0.29, 0.717) is 11.8 Å². The number of aliphatic hydroxyl groups is 1. The topological polar surface area (TPSA) is 44.1 Å². The monoisotopic (exact) mass is 425 g/mol. The first-order valence-electron chi connectivity index (χ1n) is 12.4. The van der Waals surface area contributed by atoms with Gasteiger partial charge in [0.05, 0.1) is 6.10 Å². The summed E-state index contributed by atoms with van der Waals surface area (Å²) in [6, 6.07) is 0. The molecule has 0 spiro atoms. The summed E-state index contributed by atoms with van der Waals surface area (Å²) in [4.78, 5) is 0. The van der Waals surface area contributed by atoms with E-state index in [9.17, 15) is 5.11 Å². The first-order valence-corrected chi connectivity index (χ1v) is 12.4. The minimum Gasteiger partial charge on any atom is -0.388 e. The highest BCUT2D eigenvalue weighted by atomic mass is 16.3. The molecule has 0 radical (unpaired) electrons. The highest BCUT2D eigenvalue weighted by Gasteiger charge is 2.39. The maximum Gasteiger partial charge on any atom is 0.0787 e. The second-order valence-electron chi connectivity index (χ2n) is 11.4. The fraction of sp³-hybridized carbons (Fsp3) is 0.690. The van der Waals surface area contributed by atoms with E-state index < -0.39 is 0 Å². The molecule has 0 heterocycles. The zero-order valence-electron chi connectivity index (χ0n) is 21.1. The van der Waals surface area contributed by atoms with Crippen LogP contribution in [0.4, 0.5) is 0 Å². The Balaban J connectivity index is 2.05. The summed E-state index contributed by atoms with van der Waals surface area (Å²) >= 11 is 0. The third-order valence-corrected chi connectivity index (χ3v) is 8.21. The zero-order valence-corrected chi connectivity index (χ0v) is 21.1. The van der Waals surface area contributed by atoms with E-state index in [-0.39, 0.29) is 16.9 Å². The lowest BCUT2D eigenvalue weighted by Crippen LogP contribution is -2.34. The molecule has 2 aliphatic rings. The van der Waals surface area contributed by atoms with Crippen molar-refractivity contribution in [1.29, 1.82) is 5.41 Å². The molecular formula is C29H47NO. The van der Waals surface area contributed by atoms with E-state index in [1.807, 2.05) is 0 Å². The highest BCUT2D eigenvalue weighted by Crippen LogP contribution is 2.51. The van der Waals surface area contributed by atoms with Crippen LogP contribution in [0.5, 0.6) is 0 Å². The molecule has 2 heteroatoms. The number of hydrogen-bond donors (Lipinski definition) is 2. The first kappa shape index (κ1) is 25.8. The van der Waals surface area contributed by atoms with Gasteiger partial charge in [-0.05, 0) is 91.6 Å². The first-order chi connectivity index (χ1) is 14.4. The van der Waals surface area contributed by atoms with Crippen LogP contribution in [0.3, 0.4) is 0 Å². The van der Waals surface area contributed by atoms with Crippen molar-refractivity contribution in [2.75, 3.05) is 0 Å². The van der Waals surface area contributed by atoms with E-state index >= 15 is 0 Å². The Labute approximate surface area is 192 Å². The van der Waals surface area contributed by atoms with E-state index in [0.717, 1.165) is 56.2 Å². The third kappa shape index (κ3) is 6.31. The van der Waals surface area contributed by atoms with Crippen LogP contribution in [0, 0.1) is 28.1 Å². The highest BCUT2D eigenvalue weighted by molar-refractivity contribution is 5.86. The van der Waals surface area contributed by atoms with E-state index in [1.54, 1.807) is 0 Å². The average molecular weight is 426 g/mol. The van der Waals surface area contributed by atoms with Crippen molar-refractivity contribution in [2.24, 2.45) is 22.7 Å². The molecule has 2 saturated carbocycles. The molecule has 0 bridgehead atoms. The minimum atomic E-state index is -0.368. The molecule has 2 N–H and O–H groups in total. The Hall–Kier alpha value is -1.41. The Bertz CT molecular complexity index is 747. The number of rotatable bonds is 7. The van der Waals surface area contributed by atoms with Crippen LogP contribution in [-0.2, 0) is 0 Å². The number of nitrogens with one attached hydrogen (secondary N) is 1. The van der Waals surface area contributed by atoms with Crippen LogP contribution in [0.2, 0.25) is 0 Å². The van der Waals surface area contributed by atoms with Crippen molar-refractivity contribution in [3.05, 3.63) is 47.6 Å². The van der Waals surface area contributed by atoms with Crippen molar-refractivity contribution in [1.82, 2.24) is 0 Å². The molecule has 2 nitrogen and oxygen atoms in total. The smallest absolute Gasteiger partial charge is 0.0787 e. The second kappa shape index (κ2) is 10.5. The van der Waals surface area contributed by atoms with Crippen molar-refractivity contribution < 1.29 is 5.11 Å². The van der Waals surface area contributed by atoms with Gasteiger partial charge in [-0.3, -0.25) is 0 Å². The molecule has 0 aromatic carbocycles. The van der Waals surface area contributed by atoms with Gasteiger partial charge in [0.25, 0.3) is 0 Å². The van der Waals surface area contributed by atoms with Gasteiger partial charge in [-0.25, -0.2) is 0 Å². The van der Waals surface area contributed by atoms with Gasteiger partial charge < -0.3 is 10.5 Å². The SMILES string of the molecule is C=C1/C(=C\C=C2/CCCC(C)(C(=C)[C@H](C)CCCC(=N)C(C)(C)C)C2C)CCCC1O. The van der Waals surface area contributed by atoms with Gasteiger partial charge >= 0.3 is 0 Å². The molecule has 0 saturated heterocycles. The summed E-state index contributed by atoms with van der Waals surface area (Å²) < 4.78 is 0. The molecule has 174 valence electrons. The molecular weight excluding hydrogens is 378 g/mol. The molecule has 0 aromatic rings. The van der Waals surface area contributed by atoms with Gasteiger partial charge in [0.15, 0.2) is 0 Å². The van der Waals surface area contributed by atoms with E-state index in [1.165, 1.54) is 29.6 Å². The summed E-state index contributed by atoms with van der Waals surface area (Å²) in [6.07, 6.45) is 13.7. The fourth-order valence-electron chi connectivity index (χ4n) is 5.30. The Morgan fingerprint density at radius 3 is 2.58 bits per heavy atom. The zero-order chi connectivity index (χ0) is 23.4. The number of allylic oxidation sites excluding steroid dienone is 4. The van der Waals surface area contributed by atoms with Gasteiger partial charge in [0.1, 0.15) is 0 Å².